The third-order valence-electron chi connectivity index (χ3n) is 5.97. The summed E-state index contributed by atoms with van der Waals surface area (Å²) in [6.07, 6.45) is 0.938. The minimum absolute atomic E-state index is 0.0596. The smallest absolute Gasteiger partial charge is 0.251 e. The number of pyridine rings is 1. The Labute approximate surface area is 208 Å². The highest BCUT2D eigenvalue weighted by molar-refractivity contribution is 6.30. The van der Waals surface area contributed by atoms with Gasteiger partial charge in [-0.3, -0.25) is 9.59 Å². The topological polar surface area (TPSA) is 121 Å². The number of hydrogen-bond donors (Lipinski definition) is 3. The number of halogens is 1. The Hall–Kier alpha value is -3.33. The van der Waals surface area contributed by atoms with Gasteiger partial charge in [-0.2, -0.15) is 4.91 Å². The van der Waals surface area contributed by atoms with Crippen molar-refractivity contribution in [3.63, 3.8) is 0 Å². The van der Waals surface area contributed by atoms with Gasteiger partial charge in [-0.1, -0.05) is 35.0 Å². The highest BCUT2D eigenvalue weighted by atomic mass is 35.5. The monoisotopic (exact) mass is 497 g/mol. The van der Waals surface area contributed by atoms with Crippen molar-refractivity contribution in [3.05, 3.63) is 109 Å². The van der Waals surface area contributed by atoms with Gasteiger partial charge in [0.15, 0.2) is 0 Å². The summed E-state index contributed by atoms with van der Waals surface area (Å²) < 4.78 is 1.41. The third kappa shape index (κ3) is 6.63. The Morgan fingerprint density at radius 3 is 2.40 bits per heavy atom. The van der Waals surface area contributed by atoms with Crippen molar-refractivity contribution in [2.45, 2.75) is 31.4 Å². The lowest BCUT2D eigenvalue weighted by molar-refractivity contribution is 0.0802. The van der Waals surface area contributed by atoms with Gasteiger partial charge in [0.25, 0.3) is 5.91 Å². The van der Waals surface area contributed by atoms with Crippen LogP contribution in [0.25, 0.3) is 0 Å². The van der Waals surface area contributed by atoms with Crippen molar-refractivity contribution in [2.75, 3.05) is 13.2 Å². The fourth-order valence-electron chi connectivity index (χ4n) is 3.99. The van der Waals surface area contributed by atoms with Gasteiger partial charge in [-0.05, 0) is 65.9 Å². The summed E-state index contributed by atoms with van der Waals surface area (Å²) >= 11 is 6.17. The predicted octanol–water partition coefficient (Wildman–Crippen LogP) is 3.46. The molecule has 0 spiro atoms. The van der Waals surface area contributed by atoms with Gasteiger partial charge < -0.3 is 20.1 Å². The van der Waals surface area contributed by atoms with E-state index in [0.717, 1.165) is 16.7 Å². The van der Waals surface area contributed by atoms with Crippen LogP contribution in [-0.2, 0) is 7.05 Å². The minimum Gasteiger partial charge on any atom is -0.394 e. The maximum Gasteiger partial charge on any atom is 0.251 e. The SMILES string of the molecule is Cc1cc(Cl)ccc1C(CC(N=O)c1ccc(=O)n(C)c1)c1ccc(C(=O)NC[C@@H](O)CO)cc1. The van der Waals surface area contributed by atoms with Crippen LogP contribution in [0, 0.1) is 11.8 Å². The molecule has 3 N–H and O–H groups in total. The number of nitrogens with zero attached hydrogens (tertiary/aromatic N) is 2. The van der Waals surface area contributed by atoms with Crippen molar-refractivity contribution in [1.29, 1.82) is 0 Å². The second kappa shape index (κ2) is 11.9. The summed E-state index contributed by atoms with van der Waals surface area (Å²) in [5.41, 5.74) is 3.65. The van der Waals surface area contributed by atoms with E-state index in [9.17, 15) is 19.6 Å². The fourth-order valence-corrected chi connectivity index (χ4v) is 4.22. The minimum atomic E-state index is -1.03. The molecule has 1 amide bonds. The molecule has 35 heavy (non-hydrogen) atoms. The number of carbonyl (C=O) groups excluding carboxylic acids is 1. The molecule has 0 saturated carbocycles. The zero-order valence-electron chi connectivity index (χ0n) is 19.5. The molecule has 0 fully saturated rings. The molecular weight excluding hydrogens is 470 g/mol. The first-order valence-electron chi connectivity index (χ1n) is 11.2. The number of amides is 1. The Kier molecular flexibility index (Phi) is 8.92. The van der Waals surface area contributed by atoms with Crippen LogP contribution in [0.1, 0.15) is 51.0 Å². The maximum absolute atomic E-state index is 12.4. The van der Waals surface area contributed by atoms with Crippen molar-refractivity contribution in [2.24, 2.45) is 12.2 Å². The number of rotatable bonds is 10. The molecule has 3 rings (SSSR count). The number of carbonyl (C=O) groups is 1. The second-order valence-electron chi connectivity index (χ2n) is 8.49. The molecule has 0 aliphatic rings. The molecule has 3 atom stereocenters. The summed E-state index contributed by atoms with van der Waals surface area (Å²) in [6, 6.07) is 14.9. The Morgan fingerprint density at radius 1 is 1.11 bits per heavy atom. The molecule has 0 radical (unpaired) electrons. The summed E-state index contributed by atoms with van der Waals surface area (Å²) in [4.78, 5) is 36.1. The van der Waals surface area contributed by atoms with Gasteiger partial charge in [0.05, 0.1) is 12.7 Å². The second-order valence-corrected chi connectivity index (χ2v) is 8.93. The van der Waals surface area contributed by atoms with Crippen molar-refractivity contribution >= 4 is 17.5 Å². The molecule has 184 valence electrons. The molecule has 0 saturated heterocycles. The fraction of sp³-hybridized carbons (Fsp3) is 0.308. The Morgan fingerprint density at radius 2 is 1.80 bits per heavy atom. The van der Waals surface area contributed by atoms with Crippen LogP contribution in [-0.4, -0.2) is 39.9 Å². The van der Waals surface area contributed by atoms with Crippen molar-refractivity contribution < 1.29 is 15.0 Å². The molecule has 1 heterocycles. The number of hydrogen-bond acceptors (Lipinski definition) is 6. The first-order chi connectivity index (χ1) is 16.7. The van der Waals surface area contributed by atoms with Gasteiger partial charge in [0, 0.05) is 42.4 Å². The highest BCUT2D eigenvalue weighted by Crippen LogP contribution is 2.37. The van der Waals surface area contributed by atoms with Crippen LogP contribution < -0.4 is 10.9 Å². The van der Waals surface area contributed by atoms with Gasteiger partial charge >= 0.3 is 0 Å². The molecule has 1 aromatic heterocycles. The maximum atomic E-state index is 12.4. The molecule has 0 bridgehead atoms. The molecule has 2 unspecified atom stereocenters. The summed E-state index contributed by atoms with van der Waals surface area (Å²) in [5, 5.41) is 24.9. The summed E-state index contributed by atoms with van der Waals surface area (Å²) in [6.45, 7) is 1.44. The van der Waals surface area contributed by atoms with Crippen LogP contribution in [0.2, 0.25) is 5.02 Å². The average Bonchev–Trinajstić information content (AvgIpc) is 2.85. The van der Waals surface area contributed by atoms with Gasteiger partial charge in [0.2, 0.25) is 5.56 Å². The third-order valence-corrected chi connectivity index (χ3v) is 6.21. The largest absolute Gasteiger partial charge is 0.394 e. The summed E-state index contributed by atoms with van der Waals surface area (Å²) in [5.74, 6) is -0.610. The zero-order valence-corrected chi connectivity index (χ0v) is 20.3. The van der Waals surface area contributed by atoms with E-state index in [1.165, 1.54) is 10.6 Å². The number of benzene rings is 2. The van der Waals surface area contributed by atoms with Crippen LogP contribution in [0.5, 0.6) is 0 Å². The van der Waals surface area contributed by atoms with E-state index >= 15 is 0 Å². The van der Waals surface area contributed by atoms with E-state index < -0.39 is 18.8 Å². The molecule has 0 aliphatic heterocycles. The van der Waals surface area contributed by atoms with Crippen LogP contribution in [0.15, 0.2) is 70.8 Å². The molecular formula is C26H28ClN3O5. The van der Waals surface area contributed by atoms with E-state index in [2.05, 4.69) is 10.5 Å². The molecule has 2 aromatic carbocycles. The Bertz CT molecular complexity index is 1240. The number of aryl methyl sites for hydroxylation is 2. The van der Waals surface area contributed by atoms with E-state index in [0.29, 0.717) is 22.6 Å². The number of aromatic nitrogens is 1. The van der Waals surface area contributed by atoms with E-state index in [1.807, 2.05) is 31.2 Å². The van der Waals surface area contributed by atoms with Crippen molar-refractivity contribution in [1.82, 2.24) is 9.88 Å². The number of aliphatic hydroxyl groups is 2. The first kappa shape index (κ1) is 26.3. The lowest BCUT2D eigenvalue weighted by Crippen LogP contribution is -2.33. The normalized spacial score (nSPS) is 13.6. The quantitative estimate of drug-likeness (QED) is 0.370. The molecule has 3 aromatic rings. The Balaban J connectivity index is 1.94. The van der Waals surface area contributed by atoms with Gasteiger partial charge in [0.1, 0.15) is 6.04 Å². The van der Waals surface area contributed by atoms with Crippen LogP contribution >= 0.6 is 11.6 Å². The number of aliphatic hydroxyl groups excluding tert-OH is 2. The number of nitrogens with one attached hydrogen (secondary N) is 1. The van der Waals surface area contributed by atoms with Gasteiger partial charge in [-0.15, -0.1) is 0 Å². The average molecular weight is 498 g/mol. The first-order valence-corrected chi connectivity index (χ1v) is 11.5. The predicted molar refractivity (Wildman–Crippen MR) is 135 cm³/mol. The van der Waals surface area contributed by atoms with E-state index in [4.69, 9.17) is 16.7 Å². The highest BCUT2D eigenvalue weighted by Gasteiger charge is 2.24. The van der Waals surface area contributed by atoms with E-state index in [-0.39, 0.29) is 23.9 Å². The zero-order chi connectivity index (χ0) is 25.5. The molecule has 9 heteroatoms. The van der Waals surface area contributed by atoms with Gasteiger partial charge in [-0.25, -0.2) is 0 Å². The lowest BCUT2D eigenvalue weighted by atomic mass is 9.82. The van der Waals surface area contributed by atoms with Crippen molar-refractivity contribution in [3.8, 4) is 0 Å². The lowest BCUT2D eigenvalue weighted by Gasteiger charge is -2.23. The van der Waals surface area contributed by atoms with Crippen LogP contribution in [0.3, 0.4) is 0 Å². The van der Waals surface area contributed by atoms with E-state index in [1.54, 1.807) is 37.5 Å². The summed E-state index contributed by atoms with van der Waals surface area (Å²) in [7, 11) is 1.62. The molecule has 8 nitrogen and oxygen atoms in total. The molecule has 0 aliphatic carbocycles. The standard InChI is InChI=1S/C26H28ClN3O5/c1-16-11-20(27)8-9-22(16)23(12-24(29-35)19-7-10-25(33)30(2)14-19)17-3-5-18(6-4-17)26(34)28-13-21(32)15-31/h3-11,14,21,23-24,31-32H,12-13,15H2,1-2H3,(H,28,34)/t21-,23?,24?/m1/s1. The number of nitroso groups, excluding NO2 is 1. The van der Waals surface area contributed by atoms with Crippen LogP contribution in [0.4, 0.5) is 0 Å².